The Balaban J connectivity index is 1.30. The van der Waals surface area contributed by atoms with Crippen molar-refractivity contribution in [3.8, 4) is 45.3 Å². The molecule has 0 aliphatic rings. The molecular weight excluding hydrogens is 949 g/mol. The van der Waals surface area contributed by atoms with Crippen molar-refractivity contribution in [2.45, 2.75) is 119 Å². The van der Waals surface area contributed by atoms with Gasteiger partial charge < -0.3 is 37.3 Å². The molecule has 72 heavy (non-hydrogen) atoms. The van der Waals surface area contributed by atoms with Gasteiger partial charge in [-0.2, -0.15) is 0 Å². The van der Waals surface area contributed by atoms with Gasteiger partial charge in [0.05, 0.1) is 17.0 Å². The predicted molar refractivity (Wildman–Crippen MR) is 261 cm³/mol. The number of halogens is 6. The molecule has 0 aliphatic heterocycles. The molecule has 384 valence electrons. The first kappa shape index (κ1) is 54.9. The second-order valence-corrected chi connectivity index (χ2v) is 21.1. The molecule has 0 saturated carbocycles. The third-order valence-corrected chi connectivity index (χ3v) is 11.3. The maximum Gasteiger partial charge on any atom is 0.573 e. The number of rotatable bonds is 17. The van der Waals surface area contributed by atoms with E-state index in [0.717, 1.165) is 12.1 Å². The van der Waals surface area contributed by atoms with E-state index in [4.69, 9.17) is 35.6 Å². The Hall–Kier alpha value is -6.43. The van der Waals surface area contributed by atoms with E-state index in [1.165, 1.54) is 72.8 Å². The summed E-state index contributed by atoms with van der Waals surface area (Å²) in [6.07, 6.45) is -10.5. The van der Waals surface area contributed by atoms with Crippen LogP contribution in [0.15, 0.2) is 103 Å². The fourth-order valence-electron chi connectivity index (χ4n) is 8.38. The highest BCUT2D eigenvalue weighted by atomic mass is 19.4. The van der Waals surface area contributed by atoms with E-state index in [2.05, 4.69) is 30.2 Å². The highest BCUT2D eigenvalue weighted by Gasteiger charge is 2.41. The van der Waals surface area contributed by atoms with Crippen LogP contribution < -0.4 is 30.2 Å². The zero-order valence-electron chi connectivity index (χ0n) is 41.9. The third-order valence-electron chi connectivity index (χ3n) is 11.3. The quantitative estimate of drug-likeness (QED) is 0.0374. The Bertz CT molecular complexity index is 2880. The van der Waals surface area contributed by atoms with Crippen molar-refractivity contribution in [1.29, 1.82) is 0 Å². The number of alkyl halides is 6. The van der Waals surface area contributed by atoms with Crippen LogP contribution in [0.5, 0.6) is 23.0 Å². The topological polar surface area (TPSA) is 133 Å². The van der Waals surface area contributed by atoms with E-state index in [-0.39, 0.29) is 75.9 Å². The predicted octanol–water partition coefficient (Wildman–Crippen LogP) is 13.2. The molecule has 0 N–H and O–H groups in total. The molecule has 2 aromatic heterocycles. The van der Waals surface area contributed by atoms with Crippen LogP contribution in [0.3, 0.4) is 0 Å². The molecule has 4 aromatic carbocycles. The normalized spacial score (nSPS) is 14.0. The van der Waals surface area contributed by atoms with E-state index in [1.807, 2.05) is 20.8 Å². The average Bonchev–Trinajstić information content (AvgIpc) is 3.21. The number of ether oxygens (including phenoxy) is 6. The number of esters is 1. The van der Waals surface area contributed by atoms with Crippen molar-refractivity contribution in [2.75, 3.05) is 13.2 Å². The van der Waals surface area contributed by atoms with Gasteiger partial charge in [0.2, 0.25) is 0 Å². The van der Waals surface area contributed by atoms with Gasteiger partial charge in [0.15, 0.2) is 0 Å². The first-order valence-electron chi connectivity index (χ1n) is 23.0. The maximum absolute atomic E-state index is 13.8. The van der Waals surface area contributed by atoms with Gasteiger partial charge >= 0.3 is 29.9 Å². The Morgan fingerprint density at radius 3 is 1.42 bits per heavy atom. The van der Waals surface area contributed by atoms with Gasteiger partial charge in [-0.15, -0.1) is 26.3 Å². The molecule has 6 aromatic rings. The van der Waals surface area contributed by atoms with Crippen molar-refractivity contribution in [3.05, 3.63) is 117 Å². The summed E-state index contributed by atoms with van der Waals surface area (Å²) in [5, 5.41) is 0.595. The minimum Gasteiger partial charge on any atom is -0.491 e. The van der Waals surface area contributed by atoms with Crippen molar-refractivity contribution in [1.82, 2.24) is 0 Å². The molecule has 0 saturated heterocycles. The number of carbonyl (C=O) groups is 1. The average molecular weight is 1010 g/mol. The van der Waals surface area contributed by atoms with Gasteiger partial charge in [-0.05, 0) is 124 Å². The molecule has 0 bridgehead atoms. The standard InChI is InChI=1S/C54H57BF6O11/c1-30-12-16-37(44(20-30)70-53(56,57)58)39-24-32-22-34(14-18-42(32)67-46(39)62)65-27-36(69-52(11,55)29-51(9,10)72-48(64)41(50(6,7)8)26-49(3,4)5)28-66-35-15-19-43-33(23-35)25-40(47(63)68-43)38-17-13-31(2)21-45(38)71-54(59,60)61/h12-25,36,41H,26-29H2,1-11H3. The molecule has 0 spiro atoms. The molecule has 0 fully saturated rings. The first-order valence-corrected chi connectivity index (χ1v) is 23.0. The van der Waals surface area contributed by atoms with Crippen LogP contribution in [0.1, 0.15) is 86.3 Å². The second kappa shape index (κ2) is 20.6. The third kappa shape index (κ3) is 15.1. The van der Waals surface area contributed by atoms with E-state index < -0.39 is 64.0 Å². The zero-order valence-corrected chi connectivity index (χ0v) is 41.9. The molecule has 2 unspecified atom stereocenters. The fraction of sp³-hybridized carbons (Fsp3) is 0.426. The van der Waals surface area contributed by atoms with E-state index >= 15 is 0 Å². The number of hydrogen-bond donors (Lipinski definition) is 0. The van der Waals surface area contributed by atoms with Crippen LogP contribution in [-0.4, -0.2) is 57.0 Å². The molecule has 6 rings (SSSR count). The van der Waals surface area contributed by atoms with Crippen molar-refractivity contribution >= 4 is 35.8 Å². The summed E-state index contributed by atoms with van der Waals surface area (Å²) in [5.41, 5.74) is -4.57. The lowest BCUT2D eigenvalue weighted by atomic mass is 9.72. The first-order chi connectivity index (χ1) is 33.1. The molecular formula is C54H57BF6O11. The SMILES string of the molecule is [B]C(C)(CC(C)(C)OC(=O)C(CC(C)(C)C)C(C)(C)C)OC(COc1ccc2oc(=O)c(-c3ccc(C)cc3OC(F)(F)F)cc2c1)COc1ccc2oc(=O)c(-c3ccc(C)cc3OC(F)(F)F)cc2c1. The molecule has 18 heteroatoms. The highest BCUT2D eigenvalue weighted by molar-refractivity contribution is 6.14. The van der Waals surface area contributed by atoms with Crippen LogP contribution >= 0.6 is 0 Å². The summed E-state index contributed by atoms with van der Waals surface area (Å²) < 4.78 is 125. The van der Waals surface area contributed by atoms with E-state index in [1.54, 1.807) is 34.6 Å². The van der Waals surface area contributed by atoms with Gasteiger partial charge in [-0.3, -0.25) is 4.79 Å². The van der Waals surface area contributed by atoms with Crippen molar-refractivity contribution < 1.29 is 68.4 Å². The zero-order chi connectivity index (χ0) is 53.4. The molecule has 2 heterocycles. The van der Waals surface area contributed by atoms with Crippen molar-refractivity contribution in [2.24, 2.45) is 16.7 Å². The number of carbonyl (C=O) groups excluding carboxylic acids is 1. The van der Waals surface area contributed by atoms with Crippen LogP contribution in [0, 0.1) is 30.6 Å². The fourth-order valence-corrected chi connectivity index (χ4v) is 8.38. The number of aryl methyl sites for hydroxylation is 2. The Labute approximate surface area is 414 Å². The summed E-state index contributed by atoms with van der Waals surface area (Å²) >= 11 is 0. The monoisotopic (exact) mass is 1010 g/mol. The van der Waals surface area contributed by atoms with Crippen LogP contribution in [0.2, 0.25) is 0 Å². The number of fused-ring (bicyclic) bond motifs is 2. The van der Waals surface area contributed by atoms with Crippen LogP contribution in [-0.2, 0) is 14.3 Å². The van der Waals surface area contributed by atoms with Gasteiger partial charge in [0.1, 0.15) is 66.9 Å². The lowest BCUT2D eigenvalue weighted by Crippen LogP contribution is -2.47. The van der Waals surface area contributed by atoms with E-state index in [0.29, 0.717) is 28.3 Å². The number of benzene rings is 4. The smallest absolute Gasteiger partial charge is 0.491 e. The van der Waals surface area contributed by atoms with Gasteiger partial charge in [0.25, 0.3) is 0 Å². The Kier molecular flexibility index (Phi) is 15.7. The van der Waals surface area contributed by atoms with E-state index in [9.17, 15) is 40.7 Å². The largest absolute Gasteiger partial charge is 0.573 e. The molecule has 2 radical (unpaired) electrons. The van der Waals surface area contributed by atoms with Crippen LogP contribution in [0.25, 0.3) is 44.2 Å². The second-order valence-electron chi connectivity index (χ2n) is 21.1. The molecule has 0 amide bonds. The molecule has 11 nitrogen and oxygen atoms in total. The summed E-state index contributed by atoms with van der Waals surface area (Å²) in [4.78, 5) is 40.1. The highest BCUT2D eigenvalue weighted by Crippen LogP contribution is 2.40. The van der Waals surface area contributed by atoms with Gasteiger partial charge in [-0.25, -0.2) is 9.59 Å². The summed E-state index contributed by atoms with van der Waals surface area (Å²) in [6, 6.07) is 19.7. The Morgan fingerprint density at radius 2 is 1.03 bits per heavy atom. The van der Waals surface area contributed by atoms with Gasteiger partial charge in [-0.1, -0.05) is 65.8 Å². The Morgan fingerprint density at radius 1 is 0.597 bits per heavy atom. The molecule has 0 aliphatic carbocycles. The number of hydrogen-bond acceptors (Lipinski definition) is 11. The minimum absolute atomic E-state index is 0.00227. The van der Waals surface area contributed by atoms with Crippen molar-refractivity contribution in [3.63, 3.8) is 0 Å². The van der Waals surface area contributed by atoms with Crippen LogP contribution in [0.4, 0.5) is 26.3 Å². The summed E-state index contributed by atoms with van der Waals surface area (Å²) in [7, 11) is 6.85. The molecule has 2 atom stereocenters. The summed E-state index contributed by atoms with van der Waals surface area (Å²) in [6.45, 7) is 19.8. The lowest BCUT2D eigenvalue weighted by molar-refractivity contribution is -0.275. The van der Waals surface area contributed by atoms with Gasteiger partial charge in [0, 0.05) is 33.8 Å². The minimum atomic E-state index is -5.04. The summed E-state index contributed by atoms with van der Waals surface area (Å²) in [5.74, 6) is -1.54. The maximum atomic E-state index is 13.8. The lowest BCUT2D eigenvalue weighted by Gasteiger charge is -2.40.